The lowest BCUT2D eigenvalue weighted by molar-refractivity contribution is 0.0707. The molecule has 1 aliphatic rings. The molecule has 0 aliphatic carbocycles. The number of aromatic nitrogens is 3. The molecule has 0 bridgehead atoms. The zero-order valence-corrected chi connectivity index (χ0v) is 16.6. The van der Waals surface area contributed by atoms with Crippen LogP contribution < -0.4 is 0 Å². The van der Waals surface area contributed by atoms with Crippen LogP contribution in [0.3, 0.4) is 0 Å². The van der Waals surface area contributed by atoms with Gasteiger partial charge in [0.1, 0.15) is 17.4 Å². The van der Waals surface area contributed by atoms with E-state index < -0.39 is 0 Å². The van der Waals surface area contributed by atoms with Crippen LogP contribution in [-0.2, 0) is 13.1 Å². The number of hydrogen-bond donors (Lipinski definition) is 1. The Morgan fingerprint density at radius 2 is 1.96 bits per heavy atom. The lowest BCUT2D eigenvalue weighted by Crippen LogP contribution is -2.38. The number of carbonyl (C=O) groups is 1. The predicted molar refractivity (Wildman–Crippen MR) is 104 cm³/mol. The monoisotopic (exact) mass is 371 g/mol. The van der Waals surface area contributed by atoms with Crippen LogP contribution in [0.5, 0.6) is 5.75 Å². The van der Waals surface area contributed by atoms with Gasteiger partial charge in [-0.05, 0) is 52.9 Å². The molecule has 1 aliphatic heterocycles. The van der Waals surface area contributed by atoms with Crippen molar-refractivity contribution >= 4 is 5.91 Å². The number of likely N-dealkylation sites (tertiary alicyclic amines) is 1. The molecule has 2 aromatic rings. The highest BCUT2D eigenvalue weighted by atomic mass is 16.3. The van der Waals surface area contributed by atoms with E-state index in [9.17, 15) is 9.90 Å². The summed E-state index contributed by atoms with van der Waals surface area (Å²) in [5.41, 5.74) is 1.36. The molecule has 1 aromatic carbocycles. The Balaban J connectivity index is 1.69. The van der Waals surface area contributed by atoms with E-state index in [0.717, 1.165) is 43.1 Å². The number of rotatable bonds is 5. The molecule has 7 nitrogen and oxygen atoms in total. The van der Waals surface area contributed by atoms with Crippen LogP contribution in [0, 0.1) is 6.92 Å². The van der Waals surface area contributed by atoms with Gasteiger partial charge in [0.05, 0.1) is 12.1 Å². The summed E-state index contributed by atoms with van der Waals surface area (Å²) in [4.78, 5) is 16.7. The molecule has 1 saturated heterocycles. The molecule has 0 radical (unpaired) electrons. The normalized spacial score (nSPS) is 15.5. The van der Waals surface area contributed by atoms with Gasteiger partial charge >= 0.3 is 0 Å². The molecule has 146 valence electrons. The molecule has 2 heterocycles. The molecule has 3 rings (SSSR count). The van der Waals surface area contributed by atoms with E-state index in [2.05, 4.69) is 26.6 Å². The van der Waals surface area contributed by atoms with Gasteiger partial charge in [0, 0.05) is 25.6 Å². The van der Waals surface area contributed by atoms with Crippen molar-refractivity contribution in [2.45, 2.75) is 45.7 Å². The molecular formula is C20H29N5O2. The molecule has 0 spiro atoms. The Kier molecular flexibility index (Phi) is 5.79. The minimum atomic E-state index is -0.0973. The van der Waals surface area contributed by atoms with Crippen LogP contribution in [0.1, 0.15) is 53.3 Å². The molecule has 0 saturated carbocycles. The van der Waals surface area contributed by atoms with Gasteiger partial charge in [0.2, 0.25) is 0 Å². The van der Waals surface area contributed by atoms with E-state index in [1.54, 1.807) is 18.2 Å². The fourth-order valence-electron chi connectivity index (χ4n) is 3.73. The first kappa shape index (κ1) is 19.4. The molecule has 0 unspecified atom stereocenters. The highest BCUT2D eigenvalue weighted by Crippen LogP contribution is 2.29. The third-order valence-electron chi connectivity index (χ3n) is 5.16. The number of benzene rings is 1. The maximum absolute atomic E-state index is 12.8. The Hall–Kier alpha value is -2.41. The summed E-state index contributed by atoms with van der Waals surface area (Å²) in [6.07, 6.45) is 1.72. The van der Waals surface area contributed by atoms with Gasteiger partial charge in [0.25, 0.3) is 5.91 Å². The van der Waals surface area contributed by atoms with Gasteiger partial charge in [0.15, 0.2) is 0 Å². The van der Waals surface area contributed by atoms with Crippen LogP contribution in [0.2, 0.25) is 0 Å². The second-order valence-corrected chi connectivity index (χ2v) is 7.54. The van der Waals surface area contributed by atoms with E-state index in [4.69, 9.17) is 0 Å². The second-order valence-electron chi connectivity index (χ2n) is 7.54. The summed E-state index contributed by atoms with van der Waals surface area (Å²) >= 11 is 0. The van der Waals surface area contributed by atoms with Crippen LogP contribution in [0.4, 0.5) is 0 Å². The van der Waals surface area contributed by atoms with Crippen molar-refractivity contribution in [3.63, 3.8) is 0 Å². The fraction of sp³-hybridized carbons (Fsp3) is 0.550. The molecule has 27 heavy (non-hydrogen) atoms. The summed E-state index contributed by atoms with van der Waals surface area (Å²) in [5.74, 6) is 2.27. The van der Waals surface area contributed by atoms with E-state index in [-0.39, 0.29) is 11.7 Å². The second kappa shape index (κ2) is 8.08. The highest BCUT2D eigenvalue weighted by molar-refractivity contribution is 5.97. The standard InChI is InChI=1S/C20H29N5O2/c1-5-25-18(13-23(3)4)21-22-19(25)15-8-10-24(11-9-15)20(27)16-12-14(2)6-7-17(16)26/h6-7,12,15,26H,5,8-11,13H2,1-4H3. The van der Waals surface area contributed by atoms with E-state index in [1.165, 1.54) is 0 Å². The van der Waals surface area contributed by atoms with Crippen LogP contribution in [0.25, 0.3) is 0 Å². The Bertz CT molecular complexity index is 807. The smallest absolute Gasteiger partial charge is 0.257 e. The van der Waals surface area contributed by atoms with Crippen molar-refractivity contribution in [2.24, 2.45) is 0 Å². The number of aryl methyl sites for hydroxylation is 1. The molecular weight excluding hydrogens is 342 g/mol. The maximum Gasteiger partial charge on any atom is 0.257 e. The van der Waals surface area contributed by atoms with Gasteiger partial charge in [-0.1, -0.05) is 11.6 Å². The van der Waals surface area contributed by atoms with E-state index >= 15 is 0 Å². The summed E-state index contributed by atoms with van der Waals surface area (Å²) in [7, 11) is 4.05. The number of hydrogen-bond acceptors (Lipinski definition) is 5. The zero-order valence-electron chi connectivity index (χ0n) is 16.6. The Labute approximate surface area is 160 Å². The summed E-state index contributed by atoms with van der Waals surface area (Å²) < 4.78 is 2.20. The first-order valence-corrected chi connectivity index (χ1v) is 9.56. The minimum Gasteiger partial charge on any atom is -0.507 e. The van der Waals surface area contributed by atoms with Gasteiger partial charge in [-0.25, -0.2) is 0 Å². The van der Waals surface area contributed by atoms with Crippen LogP contribution >= 0.6 is 0 Å². The molecule has 1 fully saturated rings. The summed E-state index contributed by atoms with van der Waals surface area (Å²) in [6, 6.07) is 5.15. The molecule has 1 amide bonds. The third-order valence-corrected chi connectivity index (χ3v) is 5.16. The number of amides is 1. The lowest BCUT2D eigenvalue weighted by atomic mass is 9.95. The van der Waals surface area contributed by atoms with Crippen molar-refractivity contribution in [3.05, 3.63) is 41.0 Å². The predicted octanol–water partition coefficient (Wildman–Crippen LogP) is 2.39. The van der Waals surface area contributed by atoms with Crippen molar-refractivity contribution in [1.82, 2.24) is 24.6 Å². The maximum atomic E-state index is 12.8. The van der Waals surface area contributed by atoms with Crippen molar-refractivity contribution in [1.29, 1.82) is 0 Å². The average Bonchev–Trinajstić information content (AvgIpc) is 3.05. The topological polar surface area (TPSA) is 74.5 Å². The van der Waals surface area contributed by atoms with E-state index in [0.29, 0.717) is 24.6 Å². The summed E-state index contributed by atoms with van der Waals surface area (Å²) in [5, 5.41) is 18.9. The van der Waals surface area contributed by atoms with Crippen LogP contribution in [-0.4, -0.2) is 62.8 Å². The first-order valence-electron chi connectivity index (χ1n) is 9.56. The van der Waals surface area contributed by atoms with Crippen molar-refractivity contribution in [3.8, 4) is 5.75 Å². The average molecular weight is 371 g/mol. The lowest BCUT2D eigenvalue weighted by Gasteiger charge is -2.32. The third kappa shape index (κ3) is 4.13. The zero-order chi connectivity index (χ0) is 19.6. The van der Waals surface area contributed by atoms with Gasteiger partial charge in [-0.2, -0.15) is 0 Å². The van der Waals surface area contributed by atoms with Crippen molar-refractivity contribution < 1.29 is 9.90 Å². The number of carbonyl (C=O) groups excluding carboxylic acids is 1. The first-order chi connectivity index (χ1) is 12.9. The summed E-state index contributed by atoms with van der Waals surface area (Å²) in [6.45, 7) is 6.98. The molecule has 1 N–H and O–H groups in total. The molecule has 0 atom stereocenters. The fourth-order valence-corrected chi connectivity index (χ4v) is 3.73. The van der Waals surface area contributed by atoms with Crippen molar-refractivity contribution in [2.75, 3.05) is 27.2 Å². The molecule has 1 aromatic heterocycles. The number of phenolic OH excluding ortho intramolecular Hbond substituents is 1. The van der Waals surface area contributed by atoms with Gasteiger partial charge in [-0.3, -0.25) is 4.79 Å². The quantitative estimate of drug-likeness (QED) is 0.874. The van der Waals surface area contributed by atoms with E-state index in [1.807, 2.05) is 25.9 Å². The number of nitrogens with zero attached hydrogens (tertiary/aromatic N) is 5. The Morgan fingerprint density at radius 1 is 1.26 bits per heavy atom. The molecule has 7 heteroatoms. The Morgan fingerprint density at radius 3 is 2.59 bits per heavy atom. The number of aromatic hydroxyl groups is 1. The largest absolute Gasteiger partial charge is 0.507 e. The highest BCUT2D eigenvalue weighted by Gasteiger charge is 2.29. The van der Waals surface area contributed by atoms with Gasteiger partial charge < -0.3 is 19.5 Å². The SMILES string of the molecule is CCn1c(CN(C)C)nnc1C1CCN(C(=O)c2cc(C)ccc2O)CC1. The van der Waals surface area contributed by atoms with Gasteiger partial charge in [-0.15, -0.1) is 10.2 Å². The minimum absolute atomic E-state index is 0.0479. The van der Waals surface area contributed by atoms with Crippen LogP contribution in [0.15, 0.2) is 18.2 Å². The number of piperidine rings is 1. The number of phenols is 1.